The van der Waals surface area contributed by atoms with Crippen LogP contribution in [0.5, 0.6) is 5.75 Å². The Morgan fingerprint density at radius 1 is 1.19 bits per heavy atom. The second kappa shape index (κ2) is 11.0. The summed E-state index contributed by atoms with van der Waals surface area (Å²) < 4.78 is 9.61. The highest BCUT2D eigenvalue weighted by Crippen LogP contribution is 2.34. The average Bonchev–Trinajstić information content (AvgIpc) is 3.53. The van der Waals surface area contributed by atoms with Crippen LogP contribution in [0, 0.1) is 13.8 Å². The van der Waals surface area contributed by atoms with E-state index in [1.807, 2.05) is 19.9 Å². The number of primary amides is 1. The number of amides is 3. The summed E-state index contributed by atoms with van der Waals surface area (Å²) in [4.78, 5) is 40.9. The molecule has 1 saturated heterocycles. The molecule has 1 fully saturated rings. The molecule has 0 radical (unpaired) electrons. The van der Waals surface area contributed by atoms with Crippen molar-refractivity contribution in [1.82, 2.24) is 9.69 Å². The van der Waals surface area contributed by atoms with Crippen LogP contribution in [-0.4, -0.2) is 46.5 Å². The monoisotopic (exact) mass is 523 g/mol. The topological polar surface area (TPSA) is 161 Å². The van der Waals surface area contributed by atoms with Crippen LogP contribution < -0.4 is 21.7 Å². The fourth-order valence-corrected chi connectivity index (χ4v) is 4.93. The SMILES string of the molecule is Cc1ccc(N(C(=O)c2snc(C(N)=O)c2N)[C@@H](C(=O)NC[C@H]2CCCO2)c2ccc(O)cc2)cc1C. The molecule has 0 unspecified atom stereocenters. The maximum Gasteiger partial charge on any atom is 0.273 e. The molecule has 2 heterocycles. The van der Waals surface area contributed by atoms with Crippen molar-refractivity contribution in [3.8, 4) is 5.75 Å². The smallest absolute Gasteiger partial charge is 0.273 e. The molecule has 37 heavy (non-hydrogen) atoms. The number of anilines is 2. The number of phenols is 1. The number of aromatic nitrogens is 1. The van der Waals surface area contributed by atoms with E-state index >= 15 is 0 Å². The normalized spacial score (nSPS) is 15.8. The molecule has 2 atom stereocenters. The first-order chi connectivity index (χ1) is 17.7. The van der Waals surface area contributed by atoms with E-state index in [-0.39, 0.29) is 34.7 Å². The second-order valence-corrected chi connectivity index (χ2v) is 9.73. The van der Waals surface area contributed by atoms with Gasteiger partial charge in [0.05, 0.1) is 11.8 Å². The van der Waals surface area contributed by atoms with Crippen molar-refractivity contribution < 1.29 is 24.2 Å². The first-order valence-corrected chi connectivity index (χ1v) is 12.6. The molecule has 1 aliphatic heterocycles. The van der Waals surface area contributed by atoms with Gasteiger partial charge in [-0.05, 0) is 79.2 Å². The van der Waals surface area contributed by atoms with Crippen LogP contribution in [0.25, 0.3) is 0 Å². The van der Waals surface area contributed by atoms with Crippen LogP contribution >= 0.6 is 11.5 Å². The van der Waals surface area contributed by atoms with Crippen LogP contribution in [0.15, 0.2) is 42.5 Å². The third kappa shape index (κ3) is 5.57. The summed E-state index contributed by atoms with van der Waals surface area (Å²) in [6, 6.07) is 10.3. The van der Waals surface area contributed by atoms with E-state index in [9.17, 15) is 19.5 Å². The molecule has 0 aliphatic carbocycles. The van der Waals surface area contributed by atoms with Gasteiger partial charge in [-0.3, -0.25) is 19.3 Å². The summed E-state index contributed by atoms with van der Waals surface area (Å²) >= 11 is 0.745. The summed E-state index contributed by atoms with van der Waals surface area (Å²) in [5, 5.41) is 12.8. The summed E-state index contributed by atoms with van der Waals surface area (Å²) in [7, 11) is 0. The average molecular weight is 524 g/mol. The van der Waals surface area contributed by atoms with Gasteiger partial charge in [-0.25, -0.2) is 0 Å². The summed E-state index contributed by atoms with van der Waals surface area (Å²) in [6.45, 7) is 4.77. The van der Waals surface area contributed by atoms with Gasteiger partial charge in [0.25, 0.3) is 11.8 Å². The molecule has 11 heteroatoms. The Morgan fingerprint density at radius 2 is 1.92 bits per heavy atom. The zero-order valence-corrected chi connectivity index (χ0v) is 21.4. The zero-order chi connectivity index (χ0) is 26.7. The number of ether oxygens (including phenoxy) is 1. The molecule has 6 N–H and O–H groups in total. The minimum absolute atomic E-state index is 0.0114. The molecule has 4 rings (SSSR count). The Kier molecular flexibility index (Phi) is 7.74. The van der Waals surface area contributed by atoms with Crippen molar-refractivity contribution in [3.63, 3.8) is 0 Å². The molecule has 3 aromatic rings. The van der Waals surface area contributed by atoms with Gasteiger partial charge in [-0.2, -0.15) is 4.37 Å². The number of nitrogens with two attached hydrogens (primary N) is 2. The number of nitrogens with one attached hydrogen (secondary N) is 1. The predicted molar refractivity (Wildman–Crippen MR) is 141 cm³/mol. The zero-order valence-electron chi connectivity index (χ0n) is 20.6. The van der Waals surface area contributed by atoms with Crippen molar-refractivity contribution in [3.05, 3.63) is 69.7 Å². The Morgan fingerprint density at radius 3 is 2.51 bits per heavy atom. The lowest BCUT2D eigenvalue weighted by atomic mass is 10.0. The van der Waals surface area contributed by atoms with E-state index in [0.717, 1.165) is 35.5 Å². The highest BCUT2D eigenvalue weighted by molar-refractivity contribution is 7.09. The quantitative estimate of drug-likeness (QED) is 0.353. The van der Waals surface area contributed by atoms with Crippen LogP contribution in [0.3, 0.4) is 0 Å². The van der Waals surface area contributed by atoms with E-state index in [1.54, 1.807) is 24.3 Å². The lowest BCUT2D eigenvalue weighted by Crippen LogP contribution is -2.45. The first kappa shape index (κ1) is 26.1. The Labute approximate surface area is 218 Å². The van der Waals surface area contributed by atoms with Gasteiger partial charge < -0.3 is 26.6 Å². The lowest BCUT2D eigenvalue weighted by Gasteiger charge is -2.32. The van der Waals surface area contributed by atoms with E-state index in [0.29, 0.717) is 17.9 Å². The van der Waals surface area contributed by atoms with Gasteiger partial charge in [-0.1, -0.05) is 18.2 Å². The summed E-state index contributed by atoms with van der Waals surface area (Å²) in [5.74, 6) is -1.89. The number of hydrogen-bond acceptors (Lipinski definition) is 8. The number of carbonyl (C=O) groups is 3. The number of benzene rings is 2. The van der Waals surface area contributed by atoms with Crippen LogP contribution in [0.2, 0.25) is 0 Å². The molecule has 2 aromatic carbocycles. The molecule has 1 aliphatic rings. The van der Waals surface area contributed by atoms with E-state index < -0.39 is 23.8 Å². The third-order valence-electron chi connectivity index (χ3n) is 6.39. The van der Waals surface area contributed by atoms with Gasteiger partial charge in [0, 0.05) is 18.8 Å². The molecular weight excluding hydrogens is 494 g/mol. The Hall–Kier alpha value is -3.96. The van der Waals surface area contributed by atoms with Crippen LogP contribution in [0.4, 0.5) is 11.4 Å². The number of carbonyl (C=O) groups excluding carboxylic acids is 3. The van der Waals surface area contributed by atoms with Gasteiger partial charge in [0.2, 0.25) is 5.91 Å². The minimum Gasteiger partial charge on any atom is -0.508 e. The molecule has 194 valence electrons. The van der Waals surface area contributed by atoms with Crippen LogP contribution in [-0.2, 0) is 9.53 Å². The Bertz CT molecular complexity index is 1320. The maximum absolute atomic E-state index is 14.1. The predicted octanol–water partition coefficient (Wildman–Crippen LogP) is 2.83. The molecule has 0 saturated carbocycles. The Balaban J connectivity index is 1.82. The largest absolute Gasteiger partial charge is 0.508 e. The summed E-state index contributed by atoms with van der Waals surface area (Å²) in [6.07, 6.45) is 1.64. The number of rotatable bonds is 8. The minimum atomic E-state index is -1.13. The van der Waals surface area contributed by atoms with Crippen molar-refractivity contribution >= 4 is 40.6 Å². The van der Waals surface area contributed by atoms with E-state index in [2.05, 4.69) is 9.69 Å². The number of aromatic hydroxyl groups is 1. The highest BCUT2D eigenvalue weighted by atomic mass is 32.1. The van der Waals surface area contributed by atoms with Crippen LogP contribution in [0.1, 0.15) is 55.7 Å². The van der Waals surface area contributed by atoms with E-state index in [1.165, 1.54) is 17.0 Å². The molecule has 0 bridgehead atoms. The third-order valence-corrected chi connectivity index (χ3v) is 7.24. The van der Waals surface area contributed by atoms with Gasteiger partial charge in [-0.15, -0.1) is 0 Å². The molecule has 0 spiro atoms. The lowest BCUT2D eigenvalue weighted by molar-refractivity contribution is -0.123. The van der Waals surface area contributed by atoms with E-state index in [4.69, 9.17) is 16.2 Å². The number of phenolic OH excluding ortho intramolecular Hbond substituents is 1. The van der Waals surface area contributed by atoms with Gasteiger partial charge in [0.15, 0.2) is 5.69 Å². The van der Waals surface area contributed by atoms with Gasteiger partial charge >= 0.3 is 0 Å². The second-order valence-electron chi connectivity index (χ2n) is 8.96. The van der Waals surface area contributed by atoms with Crippen molar-refractivity contribution in [2.24, 2.45) is 5.73 Å². The maximum atomic E-state index is 14.1. The highest BCUT2D eigenvalue weighted by Gasteiger charge is 2.36. The molecule has 10 nitrogen and oxygen atoms in total. The number of hydrogen-bond donors (Lipinski definition) is 4. The van der Waals surface area contributed by atoms with Crippen molar-refractivity contribution in [1.29, 1.82) is 0 Å². The fraction of sp³-hybridized carbons (Fsp3) is 0.308. The van der Waals surface area contributed by atoms with Crippen molar-refractivity contribution in [2.75, 3.05) is 23.8 Å². The number of nitrogen functional groups attached to an aromatic ring is 1. The fourth-order valence-electron chi connectivity index (χ4n) is 4.19. The standard InChI is InChI=1S/C26H29N5O5S/c1-14-5-8-17(12-15(14)2)31(26(35)23-20(27)21(24(28)33)30-37-23)22(16-6-9-18(32)10-7-16)25(34)29-13-19-4-3-11-36-19/h5-10,12,19,22,32H,3-4,11,13,27H2,1-2H3,(H2,28,33)(H,29,34)/t19-,22-/m1/s1. The van der Waals surface area contributed by atoms with Crippen molar-refractivity contribution in [2.45, 2.75) is 38.8 Å². The molecule has 3 amide bonds. The number of nitrogens with zero attached hydrogens (tertiary/aromatic N) is 2. The molecular formula is C26H29N5O5S. The molecule has 1 aromatic heterocycles. The number of aryl methyl sites for hydroxylation is 2. The first-order valence-electron chi connectivity index (χ1n) is 11.8. The van der Waals surface area contributed by atoms with Gasteiger partial charge in [0.1, 0.15) is 16.7 Å². The summed E-state index contributed by atoms with van der Waals surface area (Å²) in [5.41, 5.74) is 14.0.